The number of aromatic nitrogens is 1. The Morgan fingerprint density at radius 2 is 1.74 bits per heavy atom. The van der Waals surface area contributed by atoms with Gasteiger partial charge >= 0.3 is 0 Å². The molecule has 0 atom stereocenters. The summed E-state index contributed by atoms with van der Waals surface area (Å²) in [7, 11) is 2.12. The number of benzene rings is 2. The molecule has 31 heavy (non-hydrogen) atoms. The van der Waals surface area contributed by atoms with E-state index < -0.39 is 11.5 Å². The van der Waals surface area contributed by atoms with Crippen LogP contribution in [0.25, 0.3) is 0 Å². The number of aromatic amines is 1. The zero-order valence-electron chi connectivity index (χ0n) is 17.2. The van der Waals surface area contributed by atoms with Gasteiger partial charge in [-0.2, -0.15) is 0 Å². The molecule has 0 bridgehead atoms. The first-order chi connectivity index (χ1) is 15.0. The van der Waals surface area contributed by atoms with Gasteiger partial charge in [0.05, 0.1) is 5.69 Å². The first-order valence-electron chi connectivity index (χ1n) is 10.1. The summed E-state index contributed by atoms with van der Waals surface area (Å²) >= 11 is 6.03. The van der Waals surface area contributed by atoms with Crippen molar-refractivity contribution in [3.63, 3.8) is 0 Å². The lowest BCUT2D eigenvalue weighted by Crippen LogP contribution is -2.44. The molecule has 1 aliphatic rings. The normalized spacial score (nSPS) is 14.3. The molecule has 0 spiro atoms. The minimum Gasteiger partial charge on any atom is -0.369 e. The third-order valence-electron chi connectivity index (χ3n) is 5.29. The smallest absolute Gasteiger partial charge is 0.263 e. The molecule has 0 aliphatic carbocycles. The lowest BCUT2D eigenvalue weighted by atomic mass is 10.2. The van der Waals surface area contributed by atoms with Crippen LogP contribution in [0.2, 0.25) is 5.02 Å². The Balaban J connectivity index is 1.50. The molecule has 2 aromatic carbocycles. The van der Waals surface area contributed by atoms with Gasteiger partial charge in [0.2, 0.25) is 0 Å². The number of hydrogen-bond donors (Lipinski definition) is 3. The standard InChI is InChI=1S/C23H24ClN5O2/c1-28-11-13-29(14-12-28)19-7-5-17(6-8-19)27-23(31)21-20(9-10-25-22(21)30)26-18-4-2-3-16(24)15-18/h2-10,15H,11-14H2,1H3,(H,27,31)(H2,25,26,30). The van der Waals surface area contributed by atoms with Crippen LogP contribution in [0.15, 0.2) is 65.6 Å². The third-order valence-corrected chi connectivity index (χ3v) is 5.52. The van der Waals surface area contributed by atoms with Gasteiger partial charge in [-0.25, -0.2) is 0 Å². The van der Waals surface area contributed by atoms with Gasteiger partial charge in [-0.15, -0.1) is 0 Å². The molecule has 0 saturated carbocycles. The van der Waals surface area contributed by atoms with Crippen LogP contribution in [-0.2, 0) is 0 Å². The number of hydrogen-bond acceptors (Lipinski definition) is 5. The van der Waals surface area contributed by atoms with Gasteiger partial charge in [-0.05, 0) is 55.6 Å². The molecule has 1 saturated heterocycles. The Labute approximate surface area is 185 Å². The molecule has 4 rings (SSSR count). The highest BCUT2D eigenvalue weighted by Crippen LogP contribution is 2.23. The van der Waals surface area contributed by atoms with Crippen LogP contribution in [0.5, 0.6) is 0 Å². The molecule has 3 aromatic rings. The number of pyridine rings is 1. The largest absolute Gasteiger partial charge is 0.369 e. The van der Waals surface area contributed by atoms with Crippen LogP contribution in [0.3, 0.4) is 0 Å². The minimum atomic E-state index is -0.487. The number of carbonyl (C=O) groups excluding carboxylic acids is 1. The number of halogens is 1. The zero-order chi connectivity index (χ0) is 21.8. The van der Waals surface area contributed by atoms with Crippen molar-refractivity contribution in [1.82, 2.24) is 9.88 Å². The Morgan fingerprint density at radius 1 is 1.00 bits per heavy atom. The molecule has 1 aliphatic heterocycles. The number of H-pyrrole nitrogens is 1. The van der Waals surface area contributed by atoms with Gasteiger partial charge in [-0.3, -0.25) is 9.59 Å². The van der Waals surface area contributed by atoms with Crippen molar-refractivity contribution in [2.45, 2.75) is 0 Å². The summed E-state index contributed by atoms with van der Waals surface area (Å²) in [6.07, 6.45) is 1.50. The fourth-order valence-electron chi connectivity index (χ4n) is 3.54. The summed E-state index contributed by atoms with van der Waals surface area (Å²) in [5.41, 5.74) is 2.36. The SMILES string of the molecule is CN1CCN(c2ccc(NC(=O)c3c(Nc4cccc(Cl)c4)cc[nH]c3=O)cc2)CC1. The van der Waals surface area contributed by atoms with E-state index in [-0.39, 0.29) is 5.56 Å². The minimum absolute atomic E-state index is 0.00520. The van der Waals surface area contributed by atoms with Gasteiger partial charge in [0.1, 0.15) is 5.56 Å². The number of nitrogens with one attached hydrogen (secondary N) is 3. The number of likely N-dealkylation sites (N-methyl/N-ethyl adjacent to an activating group) is 1. The average molecular weight is 438 g/mol. The van der Waals surface area contributed by atoms with E-state index in [4.69, 9.17) is 11.6 Å². The second kappa shape index (κ2) is 9.24. The maximum atomic E-state index is 12.9. The van der Waals surface area contributed by atoms with Crippen LogP contribution in [0.1, 0.15) is 10.4 Å². The van der Waals surface area contributed by atoms with Crippen LogP contribution < -0.4 is 21.1 Å². The Morgan fingerprint density at radius 3 is 2.45 bits per heavy atom. The van der Waals surface area contributed by atoms with Crippen LogP contribution in [0.4, 0.5) is 22.7 Å². The maximum Gasteiger partial charge on any atom is 0.263 e. The predicted octanol–water partition coefficient (Wildman–Crippen LogP) is 3.78. The quantitative estimate of drug-likeness (QED) is 0.566. The van der Waals surface area contributed by atoms with E-state index in [0.29, 0.717) is 22.1 Å². The summed E-state index contributed by atoms with van der Waals surface area (Å²) in [5.74, 6) is -0.487. The second-order valence-corrected chi connectivity index (χ2v) is 7.96. The van der Waals surface area contributed by atoms with Gasteiger partial charge in [0, 0.05) is 54.5 Å². The Bertz CT molecular complexity index is 1120. The lowest BCUT2D eigenvalue weighted by molar-refractivity contribution is 0.102. The van der Waals surface area contributed by atoms with E-state index in [1.165, 1.54) is 6.20 Å². The predicted molar refractivity (Wildman–Crippen MR) is 126 cm³/mol. The van der Waals surface area contributed by atoms with Gasteiger partial charge in [0.25, 0.3) is 11.5 Å². The third kappa shape index (κ3) is 5.07. The van der Waals surface area contributed by atoms with Crippen LogP contribution in [-0.4, -0.2) is 49.0 Å². The number of nitrogens with zero attached hydrogens (tertiary/aromatic N) is 2. The monoisotopic (exact) mass is 437 g/mol. The number of anilines is 4. The van der Waals surface area contributed by atoms with Crippen molar-refractivity contribution in [2.24, 2.45) is 0 Å². The fourth-order valence-corrected chi connectivity index (χ4v) is 3.73. The second-order valence-electron chi connectivity index (χ2n) is 7.52. The highest BCUT2D eigenvalue weighted by atomic mass is 35.5. The molecule has 1 fully saturated rings. The summed E-state index contributed by atoms with van der Waals surface area (Å²) in [6.45, 7) is 4.00. The number of carbonyl (C=O) groups is 1. The van der Waals surface area contributed by atoms with Gasteiger partial charge in [-0.1, -0.05) is 17.7 Å². The molecule has 0 unspecified atom stereocenters. The topological polar surface area (TPSA) is 80.5 Å². The fraction of sp³-hybridized carbons (Fsp3) is 0.217. The highest BCUT2D eigenvalue weighted by Gasteiger charge is 2.18. The molecule has 2 heterocycles. The first kappa shape index (κ1) is 21.0. The number of rotatable bonds is 5. The van der Waals surface area contributed by atoms with Crippen molar-refractivity contribution in [3.8, 4) is 0 Å². The number of piperazine rings is 1. The molecule has 1 aromatic heterocycles. The zero-order valence-corrected chi connectivity index (χ0v) is 17.9. The summed E-state index contributed by atoms with van der Waals surface area (Å²) < 4.78 is 0. The Hall–Kier alpha value is -3.29. The summed E-state index contributed by atoms with van der Waals surface area (Å²) in [5, 5.41) is 6.48. The van der Waals surface area contributed by atoms with E-state index in [0.717, 1.165) is 31.9 Å². The van der Waals surface area contributed by atoms with Gasteiger partial charge < -0.3 is 25.4 Å². The van der Waals surface area contributed by atoms with Crippen molar-refractivity contribution in [3.05, 3.63) is 81.7 Å². The van der Waals surface area contributed by atoms with Gasteiger partial charge in [0.15, 0.2) is 0 Å². The van der Waals surface area contributed by atoms with E-state index in [1.54, 1.807) is 24.3 Å². The lowest BCUT2D eigenvalue weighted by Gasteiger charge is -2.34. The molecule has 7 nitrogen and oxygen atoms in total. The van der Waals surface area contributed by atoms with Crippen LogP contribution >= 0.6 is 11.6 Å². The molecule has 1 amide bonds. The van der Waals surface area contributed by atoms with E-state index in [2.05, 4.69) is 32.5 Å². The first-order valence-corrected chi connectivity index (χ1v) is 10.5. The Kier molecular flexibility index (Phi) is 6.25. The molecule has 3 N–H and O–H groups in total. The molecule has 160 valence electrons. The van der Waals surface area contributed by atoms with E-state index in [9.17, 15) is 9.59 Å². The maximum absolute atomic E-state index is 12.9. The number of amides is 1. The molecular formula is C23H24ClN5O2. The summed E-state index contributed by atoms with van der Waals surface area (Å²) in [4.78, 5) is 32.5. The van der Waals surface area contributed by atoms with Crippen molar-refractivity contribution >= 4 is 40.3 Å². The van der Waals surface area contributed by atoms with E-state index >= 15 is 0 Å². The van der Waals surface area contributed by atoms with E-state index in [1.807, 2.05) is 30.3 Å². The summed E-state index contributed by atoms with van der Waals surface area (Å²) in [6, 6.07) is 16.4. The van der Waals surface area contributed by atoms with Crippen molar-refractivity contribution in [2.75, 3.05) is 48.8 Å². The molecule has 0 radical (unpaired) electrons. The molecule has 8 heteroatoms. The highest BCUT2D eigenvalue weighted by molar-refractivity contribution is 6.30. The average Bonchev–Trinajstić information content (AvgIpc) is 2.75. The van der Waals surface area contributed by atoms with Crippen molar-refractivity contribution < 1.29 is 4.79 Å². The van der Waals surface area contributed by atoms with Crippen LogP contribution in [0, 0.1) is 0 Å². The van der Waals surface area contributed by atoms with Crippen molar-refractivity contribution in [1.29, 1.82) is 0 Å². The molecular weight excluding hydrogens is 414 g/mol.